The molecule has 23 heavy (non-hydrogen) atoms. The van der Waals surface area contributed by atoms with Crippen LogP contribution in [0.4, 0.5) is 14.9 Å². The van der Waals surface area contributed by atoms with Crippen molar-refractivity contribution in [2.75, 3.05) is 5.32 Å². The fraction of sp³-hybridized carbons (Fsp3) is 0.278. The number of para-hydroxylation sites is 2. The first-order chi connectivity index (χ1) is 11.0. The molecule has 5 heteroatoms. The Bertz CT molecular complexity index is 674. The summed E-state index contributed by atoms with van der Waals surface area (Å²) in [6.07, 6.45) is -0.554. The molecule has 122 valence electrons. The predicted octanol–water partition coefficient (Wildman–Crippen LogP) is 4.50. The number of carbonyl (C=O) groups is 1. The third kappa shape index (κ3) is 4.71. The van der Waals surface area contributed by atoms with E-state index >= 15 is 0 Å². The van der Waals surface area contributed by atoms with Crippen molar-refractivity contribution >= 4 is 11.7 Å². The van der Waals surface area contributed by atoms with Crippen LogP contribution in [0.3, 0.4) is 0 Å². The van der Waals surface area contributed by atoms with Crippen LogP contribution < -0.4 is 15.4 Å². The van der Waals surface area contributed by atoms with Crippen molar-refractivity contribution in [1.29, 1.82) is 0 Å². The fourth-order valence-electron chi connectivity index (χ4n) is 2.19. The maximum atomic E-state index is 13.5. The molecular formula is C18H21FN2O2. The number of carbonyl (C=O) groups excluding carboxylic acids is 1. The second kappa shape index (κ2) is 7.63. The van der Waals surface area contributed by atoms with Crippen molar-refractivity contribution in [3.63, 3.8) is 0 Å². The Hall–Kier alpha value is -2.56. The van der Waals surface area contributed by atoms with Crippen molar-refractivity contribution in [1.82, 2.24) is 5.32 Å². The minimum absolute atomic E-state index is 0.125. The number of anilines is 1. The molecule has 0 saturated heterocycles. The largest absolute Gasteiger partial charge is 0.471 e. The Kier molecular flexibility index (Phi) is 5.57. The minimum atomic E-state index is -0.554. The maximum absolute atomic E-state index is 13.5. The summed E-state index contributed by atoms with van der Waals surface area (Å²) in [4.78, 5) is 11.9. The number of hydrogen-bond acceptors (Lipinski definition) is 2. The summed E-state index contributed by atoms with van der Waals surface area (Å²) in [5.74, 6) is 0.549. The number of nitrogens with one attached hydrogen (secondary N) is 2. The molecule has 4 nitrogen and oxygen atoms in total. The number of urea groups is 1. The van der Waals surface area contributed by atoms with Crippen LogP contribution in [0, 0.1) is 5.82 Å². The second-order valence-corrected chi connectivity index (χ2v) is 5.53. The van der Waals surface area contributed by atoms with Crippen LogP contribution in [0.2, 0.25) is 0 Å². The Morgan fingerprint density at radius 1 is 1.04 bits per heavy atom. The van der Waals surface area contributed by atoms with Gasteiger partial charge < -0.3 is 15.4 Å². The van der Waals surface area contributed by atoms with Gasteiger partial charge in [-0.15, -0.1) is 0 Å². The predicted molar refractivity (Wildman–Crippen MR) is 89.2 cm³/mol. The second-order valence-electron chi connectivity index (χ2n) is 5.53. The van der Waals surface area contributed by atoms with Crippen LogP contribution in [0.1, 0.15) is 32.3 Å². The van der Waals surface area contributed by atoms with Crippen LogP contribution in [0.5, 0.6) is 5.75 Å². The summed E-state index contributed by atoms with van der Waals surface area (Å²) < 4.78 is 19.3. The molecule has 0 spiro atoms. The van der Waals surface area contributed by atoms with Gasteiger partial charge in [0.25, 0.3) is 0 Å². The summed E-state index contributed by atoms with van der Waals surface area (Å²) in [6.45, 7) is 5.87. The first-order valence-corrected chi connectivity index (χ1v) is 7.55. The van der Waals surface area contributed by atoms with E-state index in [-0.39, 0.29) is 5.69 Å². The lowest BCUT2D eigenvalue weighted by Gasteiger charge is -2.20. The zero-order chi connectivity index (χ0) is 16.8. The Morgan fingerprint density at radius 2 is 1.70 bits per heavy atom. The average molecular weight is 316 g/mol. The van der Waals surface area contributed by atoms with Crippen LogP contribution in [-0.4, -0.2) is 12.3 Å². The zero-order valence-corrected chi connectivity index (χ0v) is 13.5. The van der Waals surface area contributed by atoms with Crippen LogP contribution >= 0.6 is 0 Å². The lowest BCUT2D eigenvalue weighted by Crippen LogP contribution is -2.39. The summed E-state index contributed by atoms with van der Waals surface area (Å²) in [5.41, 5.74) is 1.19. The number of halogens is 1. The van der Waals surface area contributed by atoms with Gasteiger partial charge in [0.15, 0.2) is 6.23 Å². The highest BCUT2D eigenvalue weighted by Gasteiger charge is 2.13. The van der Waals surface area contributed by atoms with Gasteiger partial charge in [0.2, 0.25) is 0 Å². The molecule has 2 aromatic rings. The molecule has 0 bridgehead atoms. The van der Waals surface area contributed by atoms with Gasteiger partial charge in [-0.3, -0.25) is 0 Å². The van der Waals surface area contributed by atoms with Gasteiger partial charge in [0, 0.05) is 0 Å². The minimum Gasteiger partial charge on any atom is -0.471 e. The third-order valence-electron chi connectivity index (χ3n) is 3.30. The Labute approximate surface area is 135 Å². The highest BCUT2D eigenvalue weighted by atomic mass is 19.1. The number of ether oxygens (including phenoxy) is 1. The van der Waals surface area contributed by atoms with Crippen molar-refractivity contribution in [3.8, 4) is 5.75 Å². The standard InChI is InChI=1S/C18H21FN2O2/c1-12(2)14-8-4-7-11-17(14)23-13(3)20-18(22)21-16-10-6-5-9-15(16)19/h4-13H,1-3H3,(H2,20,21,22). The highest BCUT2D eigenvalue weighted by molar-refractivity contribution is 5.89. The molecule has 0 radical (unpaired) electrons. The van der Waals surface area contributed by atoms with Crippen molar-refractivity contribution in [2.45, 2.75) is 32.9 Å². The molecule has 0 saturated carbocycles. The zero-order valence-electron chi connectivity index (χ0n) is 13.5. The molecule has 0 aliphatic carbocycles. The molecule has 0 fully saturated rings. The molecule has 0 aliphatic heterocycles. The van der Waals surface area contributed by atoms with Gasteiger partial charge in [-0.25, -0.2) is 9.18 Å². The number of amides is 2. The van der Waals surface area contributed by atoms with Crippen LogP contribution in [0.25, 0.3) is 0 Å². The summed E-state index contributed by atoms with van der Waals surface area (Å²) in [5, 5.41) is 5.09. The average Bonchev–Trinajstić information content (AvgIpc) is 2.49. The summed E-state index contributed by atoms with van der Waals surface area (Å²) in [6, 6.07) is 13.2. The molecule has 2 aromatic carbocycles. The van der Waals surface area contributed by atoms with Gasteiger partial charge in [-0.2, -0.15) is 0 Å². The first kappa shape index (κ1) is 16.8. The molecule has 2 rings (SSSR count). The van der Waals surface area contributed by atoms with Gasteiger partial charge in [-0.1, -0.05) is 44.2 Å². The smallest absolute Gasteiger partial charge is 0.322 e. The monoisotopic (exact) mass is 316 g/mol. The first-order valence-electron chi connectivity index (χ1n) is 7.55. The lowest BCUT2D eigenvalue weighted by atomic mass is 10.0. The number of rotatable bonds is 5. The molecule has 0 heterocycles. The number of hydrogen-bond donors (Lipinski definition) is 2. The Balaban J connectivity index is 1.96. The molecule has 1 atom stereocenters. The normalized spacial score (nSPS) is 11.9. The van der Waals surface area contributed by atoms with Crippen molar-refractivity contribution < 1.29 is 13.9 Å². The van der Waals surface area contributed by atoms with Crippen molar-refractivity contribution in [2.24, 2.45) is 0 Å². The van der Waals surface area contributed by atoms with Crippen LogP contribution in [0.15, 0.2) is 48.5 Å². The molecule has 0 aliphatic rings. The van der Waals surface area contributed by atoms with Crippen LogP contribution in [-0.2, 0) is 0 Å². The van der Waals surface area contributed by atoms with E-state index in [4.69, 9.17) is 4.74 Å². The topological polar surface area (TPSA) is 50.4 Å². The van der Waals surface area contributed by atoms with E-state index in [2.05, 4.69) is 24.5 Å². The van der Waals surface area contributed by atoms with E-state index in [9.17, 15) is 9.18 Å². The van der Waals surface area contributed by atoms with E-state index in [0.717, 1.165) is 11.3 Å². The fourth-order valence-corrected chi connectivity index (χ4v) is 2.19. The van der Waals surface area contributed by atoms with E-state index in [1.54, 1.807) is 19.1 Å². The lowest BCUT2D eigenvalue weighted by molar-refractivity contribution is 0.181. The SMILES string of the molecule is CC(NC(=O)Nc1ccccc1F)Oc1ccccc1C(C)C. The molecule has 2 amide bonds. The number of benzene rings is 2. The molecular weight excluding hydrogens is 295 g/mol. The summed E-state index contributed by atoms with van der Waals surface area (Å²) >= 11 is 0. The van der Waals surface area contributed by atoms with E-state index < -0.39 is 18.1 Å². The van der Waals surface area contributed by atoms with Gasteiger partial charge in [0.1, 0.15) is 11.6 Å². The van der Waals surface area contributed by atoms with E-state index in [0.29, 0.717) is 5.92 Å². The highest BCUT2D eigenvalue weighted by Crippen LogP contribution is 2.26. The Morgan fingerprint density at radius 3 is 2.39 bits per heavy atom. The molecule has 0 aromatic heterocycles. The van der Waals surface area contributed by atoms with E-state index in [1.165, 1.54) is 12.1 Å². The third-order valence-corrected chi connectivity index (χ3v) is 3.30. The summed E-state index contributed by atoms with van der Waals surface area (Å²) in [7, 11) is 0. The maximum Gasteiger partial charge on any atom is 0.322 e. The van der Waals surface area contributed by atoms with Gasteiger partial charge in [0.05, 0.1) is 5.69 Å². The van der Waals surface area contributed by atoms with Crippen molar-refractivity contribution in [3.05, 3.63) is 59.9 Å². The quantitative estimate of drug-likeness (QED) is 0.798. The van der Waals surface area contributed by atoms with E-state index in [1.807, 2.05) is 24.3 Å². The molecule has 2 N–H and O–H groups in total. The van der Waals surface area contributed by atoms with Gasteiger partial charge in [-0.05, 0) is 36.6 Å². The molecule has 1 unspecified atom stereocenters. The van der Waals surface area contributed by atoms with Gasteiger partial charge >= 0.3 is 6.03 Å².